The molecule has 3 aromatic carbocycles. The molecule has 8 heteroatoms. The van der Waals surface area contributed by atoms with E-state index in [4.69, 9.17) is 20.6 Å². The Morgan fingerprint density at radius 1 is 1.03 bits per heavy atom. The molecule has 0 spiro atoms. The smallest absolute Gasteiger partial charge is 0.247 e. The Hall–Kier alpha value is -3.52. The lowest BCUT2D eigenvalue weighted by molar-refractivity contribution is -0.122. The SMILES string of the molecule is COc1cc([C@H](Nc2ccc(C(=N)N)cc2)C(=O)NCc2ccccc2)cc(OC)c1Br. The number of hydrogen-bond donors (Lipinski definition) is 4. The molecule has 0 aliphatic rings. The molecule has 3 rings (SSSR count). The molecule has 1 atom stereocenters. The number of methoxy groups -OCH3 is 2. The van der Waals surface area contributed by atoms with Crippen LogP contribution in [0.3, 0.4) is 0 Å². The number of halogens is 1. The molecule has 0 aliphatic carbocycles. The summed E-state index contributed by atoms with van der Waals surface area (Å²) in [6.07, 6.45) is 0. The number of carbonyl (C=O) groups is 1. The second-order valence-corrected chi connectivity index (χ2v) is 7.80. The molecule has 166 valence electrons. The van der Waals surface area contributed by atoms with Gasteiger partial charge in [0.25, 0.3) is 0 Å². The number of rotatable bonds is 9. The van der Waals surface area contributed by atoms with E-state index in [1.165, 1.54) is 0 Å². The van der Waals surface area contributed by atoms with E-state index in [9.17, 15) is 4.79 Å². The first-order valence-electron chi connectivity index (χ1n) is 9.87. The highest BCUT2D eigenvalue weighted by molar-refractivity contribution is 9.10. The van der Waals surface area contributed by atoms with Crippen LogP contribution in [0, 0.1) is 5.41 Å². The third kappa shape index (κ3) is 5.59. The van der Waals surface area contributed by atoms with E-state index in [-0.39, 0.29) is 11.7 Å². The summed E-state index contributed by atoms with van der Waals surface area (Å²) in [4.78, 5) is 13.3. The fraction of sp³-hybridized carbons (Fsp3) is 0.167. The van der Waals surface area contributed by atoms with Gasteiger partial charge in [0.1, 0.15) is 27.8 Å². The van der Waals surface area contributed by atoms with E-state index in [1.807, 2.05) is 30.3 Å². The summed E-state index contributed by atoms with van der Waals surface area (Å²) >= 11 is 3.47. The topological polar surface area (TPSA) is 109 Å². The van der Waals surface area contributed by atoms with Crippen LogP contribution in [-0.4, -0.2) is 26.0 Å². The summed E-state index contributed by atoms with van der Waals surface area (Å²) in [6, 6.07) is 19.6. The molecular formula is C24H25BrN4O3. The highest BCUT2D eigenvalue weighted by Gasteiger charge is 2.24. The van der Waals surface area contributed by atoms with Gasteiger partial charge in [-0.2, -0.15) is 0 Å². The standard InChI is InChI=1S/C24H25BrN4O3/c1-31-19-12-17(13-20(32-2)21(19)25)22(24(30)28-14-15-6-4-3-5-7-15)29-18-10-8-16(9-11-18)23(26)27/h3-13,22,29H,14H2,1-2H3,(H3,26,27)(H,28,30)/t22-/m0/s1. The number of ether oxygens (including phenoxy) is 2. The van der Waals surface area contributed by atoms with Crippen molar-refractivity contribution in [2.24, 2.45) is 5.73 Å². The first kappa shape index (κ1) is 23.1. The predicted octanol–water partition coefficient (Wildman–Crippen LogP) is 4.22. The first-order valence-corrected chi connectivity index (χ1v) is 10.7. The van der Waals surface area contributed by atoms with E-state index in [1.54, 1.807) is 50.6 Å². The van der Waals surface area contributed by atoms with Gasteiger partial charge in [0.05, 0.1) is 14.2 Å². The van der Waals surface area contributed by atoms with Crippen molar-refractivity contribution in [3.63, 3.8) is 0 Å². The monoisotopic (exact) mass is 496 g/mol. The largest absolute Gasteiger partial charge is 0.495 e. The molecule has 0 saturated heterocycles. The molecule has 0 saturated carbocycles. The number of carbonyl (C=O) groups excluding carboxylic acids is 1. The fourth-order valence-electron chi connectivity index (χ4n) is 3.16. The van der Waals surface area contributed by atoms with Crippen molar-refractivity contribution in [2.75, 3.05) is 19.5 Å². The Morgan fingerprint density at radius 2 is 1.62 bits per heavy atom. The predicted molar refractivity (Wildman–Crippen MR) is 129 cm³/mol. The molecule has 0 unspecified atom stereocenters. The second-order valence-electron chi connectivity index (χ2n) is 7.01. The highest BCUT2D eigenvalue weighted by atomic mass is 79.9. The summed E-state index contributed by atoms with van der Waals surface area (Å²) in [5, 5.41) is 13.8. The van der Waals surface area contributed by atoms with E-state index < -0.39 is 6.04 Å². The van der Waals surface area contributed by atoms with Crippen molar-refractivity contribution in [1.82, 2.24) is 5.32 Å². The van der Waals surface area contributed by atoms with Crippen LogP contribution in [0.15, 0.2) is 71.2 Å². The third-order valence-corrected chi connectivity index (χ3v) is 5.66. The molecule has 0 aliphatic heterocycles. The van der Waals surface area contributed by atoms with E-state index in [0.717, 1.165) is 5.56 Å². The highest BCUT2D eigenvalue weighted by Crippen LogP contribution is 2.38. The maximum Gasteiger partial charge on any atom is 0.247 e. The van der Waals surface area contributed by atoms with Gasteiger partial charge in [0.15, 0.2) is 0 Å². The number of nitrogen functional groups attached to an aromatic ring is 1. The minimum absolute atomic E-state index is 0.0175. The van der Waals surface area contributed by atoms with Crippen LogP contribution in [0.5, 0.6) is 11.5 Å². The number of amidine groups is 1. The van der Waals surface area contributed by atoms with Crippen molar-refractivity contribution < 1.29 is 14.3 Å². The number of benzene rings is 3. The lowest BCUT2D eigenvalue weighted by Gasteiger charge is -2.22. The fourth-order valence-corrected chi connectivity index (χ4v) is 3.71. The minimum atomic E-state index is -0.724. The van der Waals surface area contributed by atoms with Crippen LogP contribution < -0.4 is 25.8 Å². The van der Waals surface area contributed by atoms with Gasteiger partial charge in [-0.25, -0.2) is 0 Å². The zero-order valence-electron chi connectivity index (χ0n) is 17.8. The molecule has 0 radical (unpaired) electrons. The summed E-state index contributed by atoms with van der Waals surface area (Å²) < 4.78 is 11.6. The summed E-state index contributed by atoms with van der Waals surface area (Å²) in [7, 11) is 3.11. The Bertz CT molecular complexity index is 1060. The Labute approximate surface area is 195 Å². The van der Waals surface area contributed by atoms with Gasteiger partial charge >= 0.3 is 0 Å². The molecule has 0 fully saturated rings. The zero-order chi connectivity index (χ0) is 23.1. The van der Waals surface area contributed by atoms with Gasteiger partial charge in [-0.1, -0.05) is 30.3 Å². The number of amides is 1. The quantitative estimate of drug-likeness (QED) is 0.262. The second kappa shape index (κ2) is 10.7. The number of nitrogens with one attached hydrogen (secondary N) is 3. The molecule has 0 aromatic heterocycles. The Balaban J connectivity index is 1.93. The van der Waals surface area contributed by atoms with Gasteiger partial charge < -0.3 is 25.8 Å². The maximum atomic E-state index is 13.3. The molecule has 32 heavy (non-hydrogen) atoms. The number of hydrogen-bond acceptors (Lipinski definition) is 5. The van der Waals surface area contributed by atoms with Crippen LogP contribution in [-0.2, 0) is 11.3 Å². The lowest BCUT2D eigenvalue weighted by Crippen LogP contribution is -2.33. The van der Waals surface area contributed by atoms with Crippen LogP contribution in [0.25, 0.3) is 0 Å². The minimum Gasteiger partial charge on any atom is -0.495 e. The number of nitrogens with two attached hydrogens (primary N) is 1. The van der Waals surface area contributed by atoms with Gasteiger partial charge in [0, 0.05) is 17.8 Å². The van der Waals surface area contributed by atoms with Crippen LogP contribution in [0.4, 0.5) is 5.69 Å². The molecule has 5 N–H and O–H groups in total. The molecule has 3 aromatic rings. The van der Waals surface area contributed by atoms with Crippen molar-refractivity contribution in [1.29, 1.82) is 5.41 Å². The Morgan fingerprint density at radius 3 is 2.16 bits per heavy atom. The summed E-state index contributed by atoms with van der Waals surface area (Å²) in [5.41, 5.74) is 8.52. The molecule has 0 heterocycles. The Kier molecular flexibility index (Phi) is 7.72. The first-order chi connectivity index (χ1) is 15.4. The van der Waals surface area contributed by atoms with Gasteiger partial charge in [-0.15, -0.1) is 0 Å². The van der Waals surface area contributed by atoms with Crippen LogP contribution in [0.2, 0.25) is 0 Å². The van der Waals surface area contributed by atoms with Gasteiger partial charge in [0.2, 0.25) is 5.91 Å². The lowest BCUT2D eigenvalue weighted by atomic mass is 10.0. The zero-order valence-corrected chi connectivity index (χ0v) is 19.4. The van der Waals surface area contributed by atoms with Crippen LogP contribution >= 0.6 is 15.9 Å². The molecule has 1 amide bonds. The van der Waals surface area contributed by atoms with E-state index in [0.29, 0.717) is 39.3 Å². The van der Waals surface area contributed by atoms with Crippen molar-refractivity contribution >= 4 is 33.4 Å². The third-order valence-electron chi connectivity index (χ3n) is 4.88. The van der Waals surface area contributed by atoms with Crippen molar-refractivity contribution in [3.05, 3.63) is 87.9 Å². The maximum absolute atomic E-state index is 13.3. The average Bonchev–Trinajstić information content (AvgIpc) is 2.82. The van der Waals surface area contributed by atoms with Crippen LogP contribution in [0.1, 0.15) is 22.7 Å². The van der Waals surface area contributed by atoms with E-state index >= 15 is 0 Å². The molecule has 7 nitrogen and oxygen atoms in total. The molecular weight excluding hydrogens is 472 g/mol. The van der Waals surface area contributed by atoms with Crippen molar-refractivity contribution in [3.8, 4) is 11.5 Å². The molecule has 0 bridgehead atoms. The van der Waals surface area contributed by atoms with E-state index in [2.05, 4.69) is 26.6 Å². The summed E-state index contributed by atoms with van der Waals surface area (Å²) in [5.74, 6) is 0.870. The number of anilines is 1. The average molecular weight is 497 g/mol. The van der Waals surface area contributed by atoms with Crippen molar-refractivity contribution in [2.45, 2.75) is 12.6 Å². The normalized spacial score (nSPS) is 11.3. The van der Waals surface area contributed by atoms with Gasteiger partial charge in [-0.05, 0) is 63.5 Å². The summed E-state index contributed by atoms with van der Waals surface area (Å²) in [6.45, 7) is 0.395. The van der Waals surface area contributed by atoms with Gasteiger partial charge in [-0.3, -0.25) is 10.2 Å².